The summed E-state index contributed by atoms with van der Waals surface area (Å²) in [6.07, 6.45) is 2.08. The summed E-state index contributed by atoms with van der Waals surface area (Å²) in [5, 5.41) is 9.96. The minimum atomic E-state index is -0.313. The smallest absolute Gasteiger partial charge is 0.250 e. The van der Waals surface area contributed by atoms with Crippen molar-refractivity contribution in [2.75, 3.05) is 51.3 Å². The maximum absolute atomic E-state index is 11.8. The van der Waals surface area contributed by atoms with Gasteiger partial charge in [0.15, 0.2) is 5.78 Å². The highest BCUT2D eigenvalue weighted by molar-refractivity contribution is 5.94. The number of rotatable bonds is 7. The summed E-state index contributed by atoms with van der Waals surface area (Å²) in [4.78, 5) is 28.2. The topological polar surface area (TPSA) is 73.3 Å². The number of hydrogen-bond acceptors (Lipinski definition) is 6. The first-order valence-corrected chi connectivity index (χ1v) is 11.7. The first-order valence-electron chi connectivity index (χ1n) is 11.7. The maximum Gasteiger partial charge on any atom is 0.250 e. The molecule has 0 radical (unpaired) electrons. The number of anilines is 1. The molecule has 2 aromatic carbocycles. The van der Waals surface area contributed by atoms with Gasteiger partial charge in [0.1, 0.15) is 0 Å². The molecule has 0 aliphatic carbocycles. The second-order valence-corrected chi connectivity index (χ2v) is 8.96. The quantitative estimate of drug-likeness (QED) is 0.396. The molecule has 0 saturated carbocycles. The lowest BCUT2D eigenvalue weighted by molar-refractivity contribution is -0.158. The van der Waals surface area contributed by atoms with Crippen molar-refractivity contribution in [3.8, 4) is 0 Å². The van der Waals surface area contributed by atoms with E-state index in [-0.39, 0.29) is 24.2 Å². The Bertz CT molecular complexity index is 982. The number of carbonyl (C=O) groups is 2. The fourth-order valence-electron chi connectivity index (χ4n) is 4.66. The van der Waals surface area contributed by atoms with Crippen LogP contribution in [-0.4, -0.2) is 73.2 Å². The summed E-state index contributed by atoms with van der Waals surface area (Å²) in [5.74, 6) is -0.215. The average Bonchev–Trinajstić information content (AvgIpc) is 2.83. The van der Waals surface area contributed by atoms with E-state index >= 15 is 0 Å². The van der Waals surface area contributed by atoms with Crippen molar-refractivity contribution < 1.29 is 19.5 Å². The van der Waals surface area contributed by atoms with Gasteiger partial charge in [-0.1, -0.05) is 18.2 Å². The van der Waals surface area contributed by atoms with Crippen LogP contribution in [0, 0.1) is 0 Å². The highest BCUT2D eigenvalue weighted by atomic mass is 16.5. The molecule has 1 saturated heterocycles. The third kappa shape index (κ3) is 5.79. The fraction of sp³-hybridized carbons (Fsp3) is 0.462. The molecule has 0 spiro atoms. The standard InChI is InChI=1S/C26H33N3O4/c1-19(30)21-4-6-23(7-5-21)29-14-12-28(13-15-29)11-9-25-24-8-3-20(18-26(31)27(2)32)17-22(24)10-16-33-25/h3-8,17,25,32H,9-16,18H2,1-2H3/t25-/m0/s1. The van der Waals surface area contributed by atoms with Crippen LogP contribution in [0.1, 0.15) is 46.5 Å². The van der Waals surface area contributed by atoms with Gasteiger partial charge < -0.3 is 9.64 Å². The molecule has 0 bridgehead atoms. The average molecular weight is 452 g/mol. The van der Waals surface area contributed by atoms with Crippen molar-refractivity contribution in [3.63, 3.8) is 0 Å². The van der Waals surface area contributed by atoms with Gasteiger partial charge in [-0.05, 0) is 60.7 Å². The number of carbonyl (C=O) groups excluding carboxylic acids is 2. The van der Waals surface area contributed by atoms with Crippen molar-refractivity contribution >= 4 is 17.4 Å². The van der Waals surface area contributed by atoms with Crippen LogP contribution in [0.15, 0.2) is 42.5 Å². The number of hydrogen-bond donors (Lipinski definition) is 1. The molecule has 0 aromatic heterocycles. The lowest BCUT2D eigenvalue weighted by Crippen LogP contribution is -2.47. The molecule has 1 amide bonds. The first-order chi connectivity index (χ1) is 15.9. The molecule has 176 valence electrons. The van der Waals surface area contributed by atoms with Crippen molar-refractivity contribution in [2.24, 2.45) is 0 Å². The monoisotopic (exact) mass is 451 g/mol. The zero-order valence-electron chi connectivity index (χ0n) is 19.5. The number of likely N-dealkylation sites (N-methyl/N-ethyl adjacent to an activating group) is 1. The summed E-state index contributed by atoms with van der Waals surface area (Å²) in [6.45, 7) is 7.22. The van der Waals surface area contributed by atoms with E-state index in [1.165, 1.54) is 23.9 Å². The zero-order valence-corrected chi connectivity index (χ0v) is 19.5. The van der Waals surface area contributed by atoms with Gasteiger partial charge in [-0.3, -0.25) is 19.7 Å². The van der Waals surface area contributed by atoms with Crippen LogP contribution >= 0.6 is 0 Å². The lowest BCUT2D eigenvalue weighted by Gasteiger charge is -2.37. The van der Waals surface area contributed by atoms with E-state index in [2.05, 4.69) is 21.9 Å². The van der Waals surface area contributed by atoms with Crippen LogP contribution in [-0.2, 0) is 22.4 Å². The van der Waals surface area contributed by atoms with Gasteiger partial charge >= 0.3 is 0 Å². The van der Waals surface area contributed by atoms with Crippen LogP contribution in [0.2, 0.25) is 0 Å². The van der Waals surface area contributed by atoms with Gasteiger partial charge in [0.05, 0.1) is 19.1 Å². The number of hydroxylamine groups is 2. The molecule has 1 atom stereocenters. The van der Waals surface area contributed by atoms with Crippen molar-refractivity contribution in [2.45, 2.75) is 32.3 Å². The predicted octanol–water partition coefficient (Wildman–Crippen LogP) is 3.11. The molecule has 4 rings (SSSR count). The number of piperazine rings is 1. The van der Waals surface area contributed by atoms with Gasteiger partial charge in [-0.15, -0.1) is 0 Å². The van der Waals surface area contributed by atoms with E-state index in [1.807, 2.05) is 30.3 Å². The summed E-state index contributed by atoms with van der Waals surface area (Å²) in [5.41, 5.74) is 5.32. The van der Waals surface area contributed by atoms with E-state index in [4.69, 9.17) is 4.74 Å². The van der Waals surface area contributed by atoms with Crippen LogP contribution in [0.4, 0.5) is 5.69 Å². The third-order valence-electron chi connectivity index (χ3n) is 6.68. The van der Waals surface area contributed by atoms with E-state index in [9.17, 15) is 14.8 Å². The third-order valence-corrected chi connectivity index (χ3v) is 6.68. The highest BCUT2D eigenvalue weighted by Crippen LogP contribution is 2.31. The molecule has 7 nitrogen and oxygen atoms in total. The number of fused-ring (bicyclic) bond motifs is 1. The molecular formula is C26H33N3O4. The molecule has 1 N–H and O–H groups in total. The van der Waals surface area contributed by atoms with Crippen molar-refractivity contribution in [1.29, 1.82) is 0 Å². The molecule has 2 aliphatic heterocycles. The summed E-state index contributed by atoms with van der Waals surface area (Å²) < 4.78 is 6.10. The van der Waals surface area contributed by atoms with Crippen LogP contribution in [0.3, 0.4) is 0 Å². The van der Waals surface area contributed by atoms with Gasteiger partial charge in [0.2, 0.25) is 5.91 Å². The number of amides is 1. The Hall–Kier alpha value is -2.74. The predicted molar refractivity (Wildman–Crippen MR) is 127 cm³/mol. The van der Waals surface area contributed by atoms with Crippen LogP contribution < -0.4 is 4.90 Å². The maximum atomic E-state index is 11.8. The lowest BCUT2D eigenvalue weighted by atomic mass is 9.93. The molecule has 2 aliphatic rings. The molecule has 7 heteroatoms. The first kappa shape index (κ1) is 23.4. The van der Waals surface area contributed by atoms with Gasteiger partial charge in [0.25, 0.3) is 0 Å². The van der Waals surface area contributed by atoms with Gasteiger partial charge in [0, 0.05) is 51.0 Å². The number of ether oxygens (including phenoxy) is 1. The minimum Gasteiger partial charge on any atom is -0.373 e. The van der Waals surface area contributed by atoms with Crippen molar-refractivity contribution in [3.05, 3.63) is 64.7 Å². The SMILES string of the molecule is CC(=O)c1ccc(N2CCN(CC[C@@H]3OCCc4cc(CC(=O)N(C)O)ccc43)CC2)cc1. The van der Waals surface area contributed by atoms with Gasteiger partial charge in [-0.2, -0.15) is 0 Å². The molecule has 33 heavy (non-hydrogen) atoms. The second kappa shape index (κ2) is 10.5. The zero-order chi connectivity index (χ0) is 23.4. The molecule has 2 heterocycles. The molecule has 2 aromatic rings. The number of nitrogens with zero attached hydrogens (tertiary/aromatic N) is 3. The molecular weight excluding hydrogens is 418 g/mol. The highest BCUT2D eigenvalue weighted by Gasteiger charge is 2.24. The Labute approximate surface area is 195 Å². The van der Waals surface area contributed by atoms with E-state index in [0.29, 0.717) is 11.7 Å². The number of ketones is 1. The Kier molecular flexibility index (Phi) is 7.42. The normalized spacial score (nSPS) is 18.6. The fourth-order valence-corrected chi connectivity index (χ4v) is 4.66. The van der Waals surface area contributed by atoms with Crippen LogP contribution in [0.5, 0.6) is 0 Å². The van der Waals surface area contributed by atoms with Gasteiger partial charge in [-0.25, -0.2) is 5.06 Å². The number of benzene rings is 2. The largest absolute Gasteiger partial charge is 0.373 e. The summed E-state index contributed by atoms with van der Waals surface area (Å²) >= 11 is 0. The Morgan fingerprint density at radius 3 is 2.48 bits per heavy atom. The Balaban J connectivity index is 1.29. The van der Waals surface area contributed by atoms with E-state index in [0.717, 1.165) is 56.7 Å². The minimum absolute atomic E-state index is 0.0798. The molecule has 0 unspecified atom stereocenters. The summed E-state index contributed by atoms with van der Waals surface area (Å²) in [6, 6.07) is 14.0. The van der Waals surface area contributed by atoms with E-state index in [1.54, 1.807) is 6.92 Å². The Morgan fingerprint density at radius 2 is 1.82 bits per heavy atom. The van der Waals surface area contributed by atoms with Crippen LogP contribution in [0.25, 0.3) is 0 Å². The number of Topliss-reactive ketones (excluding diaryl/α,β-unsaturated/α-hetero) is 1. The summed E-state index contributed by atoms with van der Waals surface area (Å²) in [7, 11) is 1.36. The second-order valence-electron chi connectivity index (χ2n) is 8.96. The van der Waals surface area contributed by atoms with E-state index < -0.39 is 0 Å². The van der Waals surface area contributed by atoms with Crippen molar-refractivity contribution in [1.82, 2.24) is 9.96 Å². The molecule has 1 fully saturated rings. The Morgan fingerprint density at radius 1 is 1.09 bits per heavy atom.